The monoisotopic (exact) mass is 361 g/mol. The van der Waals surface area contributed by atoms with Gasteiger partial charge in [0.15, 0.2) is 5.82 Å². The van der Waals surface area contributed by atoms with Crippen molar-refractivity contribution in [2.45, 2.75) is 13.5 Å². The van der Waals surface area contributed by atoms with E-state index in [2.05, 4.69) is 20.4 Å². The van der Waals surface area contributed by atoms with Crippen LogP contribution in [0.25, 0.3) is 22.4 Å². The minimum Gasteiger partial charge on any atom is -0.334 e. The first-order valence-electron chi connectivity index (χ1n) is 8.25. The maximum atomic E-state index is 12.5. The van der Waals surface area contributed by atoms with E-state index in [-0.39, 0.29) is 18.0 Å². The fraction of sp³-hybridized carbons (Fsp3) is 0.105. The van der Waals surface area contributed by atoms with Crippen molar-refractivity contribution in [3.63, 3.8) is 0 Å². The number of fused-ring (bicyclic) bond motifs is 1. The first-order chi connectivity index (χ1) is 13.1. The summed E-state index contributed by atoms with van der Waals surface area (Å²) >= 11 is 0. The van der Waals surface area contributed by atoms with Gasteiger partial charge in [0, 0.05) is 18.2 Å². The molecule has 0 aliphatic rings. The molecule has 2 aromatic heterocycles. The van der Waals surface area contributed by atoms with Gasteiger partial charge in [0.25, 0.3) is 11.4 Å². The largest absolute Gasteiger partial charge is 0.334 e. The van der Waals surface area contributed by atoms with Gasteiger partial charge in [-0.15, -0.1) is 0 Å². The maximum Gasteiger partial charge on any atom is 0.261 e. The van der Waals surface area contributed by atoms with E-state index in [1.807, 2.05) is 6.07 Å². The van der Waals surface area contributed by atoms with Gasteiger partial charge in [-0.2, -0.15) is 4.98 Å². The lowest BCUT2D eigenvalue weighted by atomic mass is 10.2. The lowest BCUT2D eigenvalue weighted by Crippen LogP contribution is -2.21. The van der Waals surface area contributed by atoms with Crippen molar-refractivity contribution >= 4 is 22.5 Å². The van der Waals surface area contributed by atoms with Crippen LogP contribution < -0.4 is 10.9 Å². The Kier molecular flexibility index (Phi) is 4.21. The molecule has 1 amide bonds. The quantitative estimate of drug-likeness (QED) is 0.599. The first-order valence-corrected chi connectivity index (χ1v) is 8.25. The second kappa shape index (κ2) is 6.83. The maximum absolute atomic E-state index is 12.5. The van der Waals surface area contributed by atoms with Crippen LogP contribution in [0.4, 0.5) is 5.69 Å². The van der Waals surface area contributed by atoms with Crippen LogP contribution in [-0.4, -0.2) is 25.6 Å². The van der Waals surface area contributed by atoms with E-state index < -0.39 is 0 Å². The molecule has 4 aromatic rings. The Morgan fingerprint density at radius 2 is 1.93 bits per heavy atom. The molecule has 27 heavy (non-hydrogen) atoms. The summed E-state index contributed by atoms with van der Waals surface area (Å²) in [7, 11) is 0. The second-order valence-electron chi connectivity index (χ2n) is 5.97. The van der Waals surface area contributed by atoms with E-state index in [1.165, 1.54) is 17.8 Å². The Labute approximate surface area is 153 Å². The summed E-state index contributed by atoms with van der Waals surface area (Å²) in [6.45, 7) is 1.60. The molecule has 0 spiro atoms. The average molecular weight is 361 g/mol. The van der Waals surface area contributed by atoms with E-state index in [4.69, 9.17) is 4.52 Å². The van der Waals surface area contributed by atoms with Crippen molar-refractivity contribution < 1.29 is 9.32 Å². The molecule has 0 radical (unpaired) electrons. The van der Waals surface area contributed by atoms with Gasteiger partial charge in [-0.1, -0.05) is 17.3 Å². The number of rotatable bonds is 4. The fourth-order valence-electron chi connectivity index (χ4n) is 2.71. The number of nitrogens with zero attached hydrogens (tertiary/aromatic N) is 4. The predicted octanol–water partition coefficient (Wildman–Crippen LogP) is 2.45. The third kappa shape index (κ3) is 3.45. The molecule has 0 unspecified atom stereocenters. The van der Waals surface area contributed by atoms with Crippen molar-refractivity contribution in [2.24, 2.45) is 0 Å². The third-order valence-electron chi connectivity index (χ3n) is 3.96. The van der Waals surface area contributed by atoms with E-state index in [1.54, 1.807) is 42.5 Å². The summed E-state index contributed by atoms with van der Waals surface area (Å²) < 4.78 is 6.73. The molecule has 134 valence electrons. The molecular weight excluding hydrogens is 346 g/mol. The summed E-state index contributed by atoms with van der Waals surface area (Å²) in [5.41, 5.74) is 1.88. The van der Waals surface area contributed by atoms with Crippen molar-refractivity contribution in [3.8, 4) is 11.5 Å². The fourth-order valence-corrected chi connectivity index (χ4v) is 2.71. The van der Waals surface area contributed by atoms with Crippen LogP contribution >= 0.6 is 0 Å². The minimum atomic E-state index is -0.161. The highest BCUT2D eigenvalue weighted by Crippen LogP contribution is 2.20. The van der Waals surface area contributed by atoms with Gasteiger partial charge in [-0.05, 0) is 36.4 Å². The molecule has 0 fully saturated rings. The van der Waals surface area contributed by atoms with Gasteiger partial charge in [-0.3, -0.25) is 14.2 Å². The van der Waals surface area contributed by atoms with Crippen LogP contribution in [0.2, 0.25) is 0 Å². The number of hydrogen-bond donors (Lipinski definition) is 1. The summed E-state index contributed by atoms with van der Waals surface area (Å²) in [6.07, 6.45) is 1.48. The number of nitrogens with one attached hydrogen (secondary N) is 1. The molecule has 2 heterocycles. The normalized spacial score (nSPS) is 10.9. The molecule has 0 aliphatic heterocycles. The number of aromatic nitrogens is 4. The van der Waals surface area contributed by atoms with Crippen LogP contribution in [0.1, 0.15) is 12.7 Å². The standard InChI is InChI=1S/C19H15N5O3/c1-12(25)21-14-8-6-13(7-9-14)18-22-17(23-27-18)10-24-11-20-16-5-3-2-4-15(16)19(24)26/h2-9,11H,10H2,1H3,(H,21,25). The summed E-state index contributed by atoms with van der Waals surface area (Å²) in [4.78, 5) is 32.2. The van der Waals surface area contributed by atoms with Crippen molar-refractivity contribution in [2.75, 3.05) is 5.32 Å². The number of benzene rings is 2. The lowest BCUT2D eigenvalue weighted by Gasteiger charge is -2.03. The number of para-hydroxylation sites is 1. The van der Waals surface area contributed by atoms with E-state index in [0.717, 1.165) is 0 Å². The lowest BCUT2D eigenvalue weighted by molar-refractivity contribution is -0.114. The molecule has 0 saturated heterocycles. The molecule has 0 atom stereocenters. The van der Waals surface area contributed by atoms with E-state index in [0.29, 0.717) is 33.9 Å². The number of carbonyl (C=O) groups excluding carboxylic acids is 1. The van der Waals surface area contributed by atoms with Gasteiger partial charge in [0.05, 0.1) is 23.8 Å². The third-order valence-corrected chi connectivity index (χ3v) is 3.96. The summed E-state index contributed by atoms with van der Waals surface area (Å²) in [5, 5.41) is 7.17. The molecule has 0 bridgehead atoms. The van der Waals surface area contributed by atoms with E-state index >= 15 is 0 Å². The molecule has 2 aromatic carbocycles. The second-order valence-corrected chi connectivity index (χ2v) is 5.97. The van der Waals surface area contributed by atoms with Gasteiger partial charge < -0.3 is 9.84 Å². The van der Waals surface area contributed by atoms with Crippen LogP contribution in [0.5, 0.6) is 0 Å². The topological polar surface area (TPSA) is 103 Å². The predicted molar refractivity (Wildman–Crippen MR) is 99.1 cm³/mol. The molecule has 4 rings (SSSR count). The Morgan fingerprint density at radius 3 is 2.70 bits per heavy atom. The van der Waals surface area contributed by atoms with Gasteiger partial charge in [-0.25, -0.2) is 4.98 Å². The SMILES string of the molecule is CC(=O)Nc1ccc(-c2nc(Cn3cnc4ccccc4c3=O)no2)cc1. The minimum absolute atomic E-state index is 0.141. The molecule has 8 heteroatoms. The molecule has 0 aliphatic carbocycles. The highest BCUT2D eigenvalue weighted by atomic mass is 16.5. The highest BCUT2D eigenvalue weighted by molar-refractivity contribution is 5.88. The van der Waals surface area contributed by atoms with Crippen LogP contribution in [0, 0.1) is 0 Å². The smallest absolute Gasteiger partial charge is 0.261 e. The Balaban J connectivity index is 1.57. The van der Waals surface area contributed by atoms with Crippen molar-refractivity contribution in [3.05, 3.63) is 71.0 Å². The Morgan fingerprint density at radius 1 is 1.15 bits per heavy atom. The Bertz CT molecular complexity index is 1180. The summed E-state index contributed by atoms with van der Waals surface area (Å²) in [6, 6.07) is 14.2. The number of carbonyl (C=O) groups is 1. The van der Waals surface area contributed by atoms with E-state index in [9.17, 15) is 9.59 Å². The number of anilines is 1. The number of amides is 1. The molecular formula is C19H15N5O3. The first kappa shape index (κ1) is 16.6. The average Bonchev–Trinajstić information content (AvgIpc) is 3.13. The Hall–Kier alpha value is -3.81. The van der Waals surface area contributed by atoms with Crippen molar-refractivity contribution in [1.29, 1.82) is 0 Å². The van der Waals surface area contributed by atoms with Gasteiger partial charge >= 0.3 is 0 Å². The van der Waals surface area contributed by atoms with Gasteiger partial charge in [0.2, 0.25) is 5.91 Å². The zero-order valence-corrected chi connectivity index (χ0v) is 14.4. The zero-order chi connectivity index (χ0) is 18.8. The highest BCUT2D eigenvalue weighted by Gasteiger charge is 2.11. The number of hydrogen-bond acceptors (Lipinski definition) is 6. The molecule has 8 nitrogen and oxygen atoms in total. The molecule has 0 saturated carbocycles. The van der Waals surface area contributed by atoms with Gasteiger partial charge in [0.1, 0.15) is 0 Å². The van der Waals surface area contributed by atoms with Crippen molar-refractivity contribution in [1.82, 2.24) is 19.7 Å². The summed E-state index contributed by atoms with van der Waals surface area (Å²) in [5.74, 6) is 0.563. The zero-order valence-electron chi connectivity index (χ0n) is 14.4. The molecule has 1 N–H and O–H groups in total. The van der Waals surface area contributed by atoms with Crippen LogP contribution in [0.3, 0.4) is 0 Å². The van der Waals surface area contributed by atoms with Crippen LogP contribution in [0.15, 0.2) is 64.2 Å². The van der Waals surface area contributed by atoms with Crippen LogP contribution in [-0.2, 0) is 11.3 Å².